The summed E-state index contributed by atoms with van der Waals surface area (Å²) in [7, 11) is 0. The second-order valence-electron chi connectivity index (χ2n) is 7.80. The number of aromatic amines is 1. The van der Waals surface area contributed by atoms with Crippen LogP contribution in [0.1, 0.15) is 17.4 Å². The van der Waals surface area contributed by atoms with Gasteiger partial charge in [0.1, 0.15) is 23.4 Å². The summed E-state index contributed by atoms with van der Waals surface area (Å²) in [4.78, 5) is 48.5. The molecule has 12 heteroatoms. The maximum Gasteiger partial charge on any atom is 0.414 e. The van der Waals surface area contributed by atoms with E-state index >= 15 is 0 Å². The number of benzene rings is 2. The Morgan fingerprint density at radius 1 is 1.29 bits per heavy atom. The molecule has 0 radical (unpaired) electrons. The molecule has 0 unspecified atom stereocenters. The van der Waals surface area contributed by atoms with E-state index in [0.717, 1.165) is 10.2 Å². The van der Waals surface area contributed by atoms with Gasteiger partial charge in [-0.2, -0.15) is 0 Å². The predicted octanol–water partition coefficient (Wildman–Crippen LogP) is 3.54. The first-order valence-electron chi connectivity index (χ1n) is 10.6. The zero-order valence-electron chi connectivity index (χ0n) is 18.4. The molecule has 0 aliphatic carbocycles. The molecule has 2 aromatic heterocycles. The van der Waals surface area contributed by atoms with Gasteiger partial charge >= 0.3 is 6.09 Å². The number of hydrogen-bond donors (Lipinski definition) is 3. The molecule has 1 saturated heterocycles. The monoisotopic (exact) mass is 494 g/mol. The molecule has 35 heavy (non-hydrogen) atoms. The van der Waals surface area contributed by atoms with E-state index in [1.807, 2.05) is 24.3 Å². The Morgan fingerprint density at radius 2 is 2.11 bits per heavy atom. The Hall–Kier alpha value is -4.32. The molecule has 3 heterocycles. The highest BCUT2D eigenvalue weighted by atomic mass is 32.1. The van der Waals surface area contributed by atoms with Crippen molar-refractivity contribution in [1.29, 1.82) is 0 Å². The third kappa shape index (κ3) is 4.68. The fraction of sp³-hybridized carbons (Fsp3) is 0.174. The van der Waals surface area contributed by atoms with Gasteiger partial charge in [0.2, 0.25) is 5.91 Å². The van der Waals surface area contributed by atoms with Gasteiger partial charge in [-0.05, 0) is 30.3 Å². The van der Waals surface area contributed by atoms with Crippen LogP contribution < -0.4 is 15.5 Å². The molecule has 4 aromatic rings. The number of amides is 3. The maximum atomic E-state index is 14.9. The van der Waals surface area contributed by atoms with Crippen LogP contribution in [0.15, 0.2) is 48.7 Å². The number of rotatable bonds is 6. The topological polar surface area (TPSA) is 129 Å². The largest absolute Gasteiger partial charge is 0.442 e. The number of cyclic esters (lactones) is 1. The third-order valence-corrected chi connectivity index (χ3v) is 6.26. The van der Waals surface area contributed by atoms with Crippen molar-refractivity contribution < 1.29 is 23.5 Å². The number of imidazole rings is 1. The summed E-state index contributed by atoms with van der Waals surface area (Å²) in [6, 6.07) is 11.7. The molecule has 3 N–H and O–H groups in total. The highest BCUT2D eigenvalue weighted by molar-refractivity contribution is 7.22. The number of para-hydroxylation sites is 1. The lowest BCUT2D eigenvalue weighted by molar-refractivity contribution is -0.119. The number of nitrogens with one attached hydrogen (secondary N) is 3. The highest BCUT2D eigenvalue weighted by Crippen LogP contribution is 2.29. The number of carbonyl (C=O) groups excluding carboxylic acids is 3. The average Bonchev–Trinajstić information content (AvgIpc) is 3.55. The first kappa shape index (κ1) is 22.5. The standard InChI is InChI=1S/C23H19FN6O4S/c1-12(31)25-9-14-11-30(23(33)34-14)13-6-7-15(16(24)8-13)20-26-10-18(27-20)21(32)29-22-28-17-4-2-3-5-19(17)35-22/h2-8,10,14H,9,11H2,1H3,(H,25,31)(H,26,27)(H,28,29,32)/t14-/m0/s1. The molecule has 1 aliphatic rings. The minimum absolute atomic E-state index is 0.134. The molecule has 2 aromatic carbocycles. The fourth-order valence-corrected chi connectivity index (χ4v) is 4.48. The van der Waals surface area contributed by atoms with Crippen molar-refractivity contribution in [2.45, 2.75) is 13.0 Å². The molecule has 10 nitrogen and oxygen atoms in total. The van der Waals surface area contributed by atoms with Gasteiger partial charge in [0.05, 0.1) is 40.8 Å². The smallest absolute Gasteiger partial charge is 0.414 e. The van der Waals surface area contributed by atoms with E-state index < -0.39 is 23.9 Å². The molecule has 0 bridgehead atoms. The molecular formula is C23H19FN6O4S. The van der Waals surface area contributed by atoms with Crippen molar-refractivity contribution in [1.82, 2.24) is 20.3 Å². The lowest BCUT2D eigenvalue weighted by atomic mass is 10.1. The van der Waals surface area contributed by atoms with E-state index in [1.54, 1.807) is 6.07 Å². The van der Waals surface area contributed by atoms with Crippen LogP contribution >= 0.6 is 11.3 Å². The molecule has 0 saturated carbocycles. The van der Waals surface area contributed by atoms with Gasteiger partial charge in [-0.15, -0.1) is 0 Å². The van der Waals surface area contributed by atoms with Crippen molar-refractivity contribution in [3.05, 3.63) is 60.2 Å². The number of thiazole rings is 1. The number of anilines is 2. The second-order valence-corrected chi connectivity index (χ2v) is 8.83. The number of fused-ring (bicyclic) bond motifs is 1. The minimum Gasteiger partial charge on any atom is -0.442 e. The molecule has 1 atom stereocenters. The molecule has 0 spiro atoms. The number of aromatic nitrogens is 3. The lowest BCUT2D eigenvalue weighted by Gasteiger charge is -2.14. The minimum atomic E-state index is -0.631. The number of halogens is 1. The summed E-state index contributed by atoms with van der Waals surface area (Å²) < 4.78 is 21.1. The number of carbonyl (C=O) groups is 3. The second kappa shape index (κ2) is 9.14. The average molecular weight is 495 g/mol. The van der Waals surface area contributed by atoms with Gasteiger partial charge < -0.3 is 15.0 Å². The third-order valence-electron chi connectivity index (χ3n) is 5.31. The van der Waals surface area contributed by atoms with Gasteiger partial charge in [0.25, 0.3) is 5.91 Å². The van der Waals surface area contributed by atoms with Crippen LogP contribution in [0.4, 0.5) is 20.0 Å². The Labute approximate surface area is 202 Å². The molecule has 178 valence electrons. The van der Waals surface area contributed by atoms with E-state index in [4.69, 9.17) is 4.74 Å². The molecule has 1 aliphatic heterocycles. The molecule has 3 amide bonds. The number of H-pyrrole nitrogens is 1. The van der Waals surface area contributed by atoms with Crippen molar-refractivity contribution in [3.63, 3.8) is 0 Å². The zero-order chi connectivity index (χ0) is 24.5. The Morgan fingerprint density at radius 3 is 2.89 bits per heavy atom. The van der Waals surface area contributed by atoms with Gasteiger partial charge in [0.15, 0.2) is 5.13 Å². The van der Waals surface area contributed by atoms with Gasteiger partial charge in [-0.1, -0.05) is 23.5 Å². The number of hydrogen-bond acceptors (Lipinski definition) is 7. The summed E-state index contributed by atoms with van der Waals surface area (Å²) in [5, 5.41) is 5.75. The van der Waals surface area contributed by atoms with Crippen LogP contribution in [0, 0.1) is 5.82 Å². The first-order valence-corrected chi connectivity index (χ1v) is 11.4. The Bertz CT molecular complexity index is 1420. The predicted molar refractivity (Wildman–Crippen MR) is 128 cm³/mol. The van der Waals surface area contributed by atoms with Crippen LogP contribution in [0.25, 0.3) is 21.6 Å². The van der Waals surface area contributed by atoms with E-state index in [-0.39, 0.29) is 36.1 Å². The zero-order valence-corrected chi connectivity index (χ0v) is 19.2. The van der Waals surface area contributed by atoms with Crippen molar-refractivity contribution in [2.24, 2.45) is 0 Å². The fourth-order valence-electron chi connectivity index (χ4n) is 3.62. The van der Waals surface area contributed by atoms with E-state index in [0.29, 0.717) is 10.8 Å². The number of ether oxygens (including phenoxy) is 1. The van der Waals surface area contributed by atoms with Gasteiger partial charge in [-0.3, -0.25) is 19.8 Å². The lowest BCUT2D eigenvalue weighted by Crippen LogP contribution is -2.33. The first-order chi connectivity index (χ1) is 16.9. The summed E-state index contributed by atoms with van der Waals surface area (Å²) in [6.45, 7) is 1.72. The van der Waals surface area contributed by atoms with Crippen LogP contribution in [0.2, 0.25) is 0 Å². The summed E-state index contributed by atoms with van der Waals surface area (Å²) in [6.07, 6.45) is 0.158. The SMILES string of the molecule is CC(=O)NC[C@H]1CN(c2ccc(-c3ncc(C(=O)Nc4nc5ccccc5s4)[nH]3)c(F)c2)C(=O)O1. The Kier molecular flexibility index (Phi) is 5.87. The van der Waals surface area contributed by atoms with Gasteiger partial charge in [-0.25, -0.2) is 19.2 Å². The number of nitrogens with zero attached hydrogens (tertiary/aromatic N) is 3. The van der Waals surface area contributed by atoms with Crippen molar-refractivity contribution in [2.75, 3.05) is 23.3 Å². The highest BCUT2D eigenvalue weighted by Gasteiger charge is 2.32. The summed E-state index contributed by atoms with van der Waals surface area (Å²) >= 11 is 1.34. The normalized spacial score (nSPS) is 15.3. The van der Waals surface area contributed by atoms with E-state index in [2.05, 4.69) is 25.6 Å². The van der Waals surface area contributed by atoms with Crippen LogP contribution in [-0.4, -0.2) is 52.1 Å². The van der Waals surface area contributed by atoms with Crippen molar-refractivity contribution >= 4 is 50.3 Å². The molecule has 1 fully saturated rings. The van der Waals surface area contributed by atoms with Crippen LogP contribution in [0.3, 0.4) is 0 Å². The summed E-state index contributed by atoms with van der Waals surface area (Å²) in [5.74, 6) is -1.16. The van der Waals surface area contributed by atoms with Crippen LogP contribution in [-0.2, 0) is 9.53 Å². The van der Waals surface area contributed by atoms with Crippen LogP contribution in [0.5, 0.6) is 0 Å². The molecular weight excluding hydrogens is 475 g/mol. The maximum absolute atomic E-state index is 14.9. The Balaban J connectivity index is 1.29. The van der Waals surface area contributed by atoms with E-state index in [9.17, 15) is 18.8 Å². The van der Waals surface area contributed by atoms with Gasteiger partial charge in [0, 0.05) is 6.92 Å². The quantitative estimate of drug-likeness (QED) is 0.376. The summed E-state index contributed by atoms with van der Waals surface area (Å²) in [5.41, 5.74) is 1.37. The van der Waals surface area contributed by atoms with Crippen molar-refractivity contribution in [3.8, 4) is 11.4 Å². The molecule has 5 rings (SSSR count). The van der Waals surface area contributed by atoms with E-state index in [1.165, 1.54) is 41.5 Å².